The van der Waals surface area contributed by atoms with Gasteiger partial charge in [0.1, 0.15) is 6.54 Å². The minimum atomic E-state index is -1.14. The summed E-state index contributed by atoms with van der Waals surface area (Å²) in [5.41, 5.74) is -0.250. The summed E-state index contributed by atoms with van der Waals surface area (Å²) in [5.74, 6) is 2.22. The zero-order chi connectivity index (χ0) is 20.9. The van der Waals surface area contributed by atoms with Gasteiger partial charge in [0.15, 0.2) is 11.4 Å². The zero-order valence-corrected chi connectivity index (χ0v) is 18.7. The first-order valence-corrected chi connectivity index (χ1v) is 11.4. The number of quaternary nitrogens is 1. The molecule has 1 atom stereocenters. The molecule has 1 aromatic carbocycles. The molecule has 4 heteroatoms. The molecule has 1 fully saturated rings. The smallest absolute Gasteiger partial charge is 0.231 e. The number of hydrogen-bond donors (Lipinski definition) is 1. The highest BCUT2D eigenvalue weighted by molar-refractivity contribution is 5.30. The SMILES string of the molecule is CC(C)CCC[N+](C)(C)Cc1cnc([C@](O)(c2ccccc2)C2CCCCC2)o1. The van der Waals surface area contributed by atoms with Gasteiger partial charge in [0.05, 0.1) is 26.8 Å². The van der Waals surface area contributed by atoms with Gasteiger partial charge in [-0.3, -0.25) is 0 Å². The normalized spacial score (nSPS) is 18.1. The van der Waals surface area contributed by atoms with E-state index in [2.05, 4.69) is 32.9 Å². The van der Waals surface area contributed by atoms with Crippen LogP contribution in [0.4, 0.5) is 0 Å². The predicted molar refractivity (Wildman–Crippen MR) is 117 cm³/mol. The van der Waals surface area contributed by atoms with Gasteiger partial charge in [0, 0.05) is 5.92 Å². The first-order valence-electron chi connectivity index (χ1n) is 11.4. The van der Waals surface area contributed by atoms with E-state index in [0.717, 1.165) is 60.5 Å². The summed E-state index contributed by atoms with van der Waals surface area (Å²) in [7, 11) is 4.49. The van der Waals surface area contributed by atoms with Gasteiger partial charge in [-0.25, -0.2) is 4.98 Å². The van der Waals surface area contributed by atoms with Crippen molar-refractivity contribution in [2.45, 2.75) is 70.9 Å². The van der Waals surface area contributed by atoms with Crippen LogP contribution in [0.5, 0.6) is 0 Å². The first-order chi connectivity index (χ1) is 13.8. The molecule has 0 spiro atoms. The van der Waals surface area contributed by atoms with Crippen molar-refractivity contribution in [1.29, 1.82) is 0 Å². The quantitative estimate of drug-likeness (QED) is 0.566. The summed E-state index contributed by atoms with van der Waals surface area (Å²) in [4.78, 5) is 4.61. The van der Waals surface area contributed by atoms with Crippen molar-refractivity contribution >= 4 is 0 Å². The van der Waals surface area contributed by atoms with Crippen molar-refractivity contribution < 1.29 is 14.0 Å². The Morgan fingerprint density at radius 1 is 1.14 bits per heavy atom. The van der Waals surface area contributed by atoms with Crippen molar-refractivity contribution in [2.24, 2.45) is 11.8 Å². The van der Waals surface area contributed by atoms with E-state index >= 15 is 0 Å². The lowest BCUT2D eigenvalue weighted by atomic mass is 9.73. The Labute approximate surface area is 176 Å². The number of aromatic nitrogens is 1. The third kappa shape index (κ3) is 5.49. The third-order valence-corrected chi connectivity index (χ3v) is 6.42. The van der Waals surface area contributed by atoms with Crippen molar-refractivity contribution in [2.75, 3.05) is 20.6 Å². The summed E-state index contributed by atoms with van der Waals surface area (Å²) < 4.78 is 7.11. The Balaban J connectivity index is 1.81. The van der Waals surface area contributed by atoms with Gasteiger partial charge in [0.25, 0.3) is 0 Å². The molecule has 0 amide bonds. The van der Waals surface area contributed by atoms with Gasteiger partial charge < -0.3 is 14.0 Å². The Bertz CT molecular complexity index is 747. The van der Waals surface area contributed by atoms with Gasteiger partial charge in [-0.15, -0.1) is 0 Å². The van der Waals surface area contributed by atoms with Crippen LogP contribution in [0.3, 0.4) is 0 Å². The fourth-order valence-corrected chi connectivity index (χ4v) is 4.73. The first kappa shape index (κ1) is 22.0. The standard InChI is InChI=1S/C25H39N2O2/c1-20(2)12-11-17-27(3,4)19-23-18-26-24(29-23)25(28,21-13-7-5-8-14-21)22-15-9-6-10-16-22/h5,7-8,13-14,18,20,22,28H,6,9-12,15-17,19H2,1-4H3/q+1/t25-/m0/s1. The Morgan fingerprint density at radius 3 is 2.48 bits per heavy atom. The van der Waals surface area contributed by atoms with Gasteiger partial charge in [0.2, 0.25) is 5.89 Å². The highest BCUT2D eigenvalue weighted by Crippen LogP contribution is 2.43. The monoisotopic (exact) mass is 399 g/mol. The largest absolute Gasteiger partial charge is 0.436 e. The van der Waals surface area contributed by atoms with Gasteiger partial charge in [-0.05, 0) is 37.2 Å². The molecule has 1 aromatic heterocycles. The molecule has 3 rings (SSSR count). The number of hydrogen-bond acceptors (Lipinski definition) is 3. The summed E-state index contributed by atoms with van der Waals surface area (Å²) in [6, 6.07) is 9.97. The molecule has 29 heavy (non-hydrogen) atoms. The Kier molecular flexibility index (Phi) is 7.18. The topological polar surface area (TPSA) is 46.3 Å². The molecule has 1 N–H and O–H groups in total. The Hall–Kier alpha value is -1.65. The fourth-order valence-electron chi connectivity index (χ4n) is 4.73. The molecule has 0 bridgehead atoms. The number of aliphatic hydroxyl groups is 1. The minimum absolute atomic E-state index is 0.152. The third-order valence-electron chi connectivity index (χ3n) is 6.42. The summed E-state index contributed by atoms with van der Waals surface area (Å²) >= 11 is 0. The van der Waals surface area contributed by atoms with E-state index in [-0.39, 0.29) is 5.92 Å². The van der Waals surface area contributed by atoms with Gasteiger partial charge >= 0.3 is 0 Å². The lowest BCUT2D eigenvalue weighted by molar-refractivity contribution is -0.904. The van der Waals surface area contributed by atoms with Crippen LogP contribution in [0.15, 0.2) is 40.9 Å². The average molecular weight is 400 g/mol. The molecule has 0 unspecified atom stereocenters. The average Bonchev–Trinajstić information content (AvgIpc) is 3.16. The minimum Gasteiger partial charge on any atom is -0.436 e. The van der Waals surface area contributed by atoms with Crippen molar-refractivity contribution in [3.8, 4) is 0 Å². The number of oxazole rings is 1. The van der Waals surface area contributed by atoms with E-state index in [1.807, 2.05) is 36.5 Å². The highest BCUT2D eigenvalue weighted by Gasteiger charge is 2.44. The van der Waals surface area contributed by atoms with Crippen LogP contribution in [0.1, 0.15) is 76.0 Å². The predicted octanol–water partition coefficient (Wildman–Crippen LogP) is 5.50. The molecule has 0 saturated heterocycles. The summed E-state index contributed by atoms with van der Waals surface area (Å²) in [6.07, 6.45) is 9.88. The molecule has 2 aromatic rings. The van der Waals surface area contributed by atoms with Crippen LogP contribution < -0.4 is 0 Å². The van der Waals surface area contributed by atoms with E-state index in [1.54, 1.807) is 0 Å². The molecule has 1 saturated carbocycles. The number of rotatable bonds is 9. The Morgan fingerprint density at radius 2 is 1.83 bits per heavy atom. The molecule has 4 nitrogen and oxygen atoms in total. The van der Waals surface area contributed by atoms with E-state index in [0.29, 0.717) is 5.89 Å². The second-order valence-corrected chi connectivity index (χ2v) is 9.95. The highest BCUT2D eigenvalue weighted by atomic mass is 16.4. The van der Waals surface area contributed by atoms with E-state index in [9.17, 15) is 5.11 Å². The molecule has 1 aliphatic rings. The van der Waals surface area contributed by atoms with Crippen molar-refractivity contribution in [3.05, 3.63) is 53.7 Å². The maximum Gasteiger partial charge on any atom is 0.231 e. The molecule has 0 radical (unpaired) electrons. The van der Waals surface area contributed by atoms with Crippen LogP contribution >= 0.6 is 0 Å². The van der Waals surface area contributed by atoms with E-state index in [1.165, 1.54) is 19.3 Å². The molecule has 1 aliphatic carbocycles. The second kappa shape index (κ2) is 9.44. The van der Waals surface area contributed by atoms with Crippen LogP contribution in [0.2, 0.25) is 0 Å². The second-order valence-electron chi connectivity index (χ2n) is 9.95. The lowest BCUT2D eigenvalue weighted by Gasteiger charge is -2.36. The molecular weight excluding hydrogens is 360 g/mol. The van der Waals surface area contributed by atoms with Crippen LogP contribution in [-0.4, -0.2) is 35.2 Å². The summed E-state index contributed by atoms with van der Waals surface area (Å²) in [5, 5.41) is 11.9. The molecule has 1 heterocycles. The lowest BCUT2D eigenvalue weighted by Crippen LogP contribution is -2.39. The van der Waals surface area contributed by atoms with Gasteiger partial charge in [-0.2, -0.15) is 0 Å². The molecule has 160 valence electrons. The number of benzene rings is 1. The van der Waals surface area contributed by atoms with Crippen molar-refractivity contribution in [1.82, 2.24) is 4.98 Å². The van der Waals surface area contributed by atoms with E-state index < -0.39 is 5.60 Å². The zero-order valence-electron chi connectivity index (χ0n) is 18.7. The van der Waals surface area contributed by atoms with E-state index in [4.69, 9.17) is 4.42 Å². The molecule has 0 aliphatic heterocycles. The fraction of sp³-hybridized carbons (Fsp3) is 0.640. The number of nitrogens with zero attached hydrogens (tertiary/aromatic N) is 2. The van der Waals surface area contributed by atoms with Crippen LogP contribution in [0.25, 0.3) is 0 Å². The summed E-state index contributed by atoms with van der Waals surface area (Å²) in [6.45, 7) is 6.46. The van der Waals surface area contributed by atoms with Gasteiger partial charge in [-0.1, -0.05) is 63.4 Å². The molecular formula is C25H39N2O2+. The van der Waals surface area contributed by atoms with Crippen LogP contribution in [0, 0.1) is 11.8 Å². The van der Waals surface area contributed by atoms with Crippen LogP contribution in [-0.2, 0) is 12.1 Å². The van der Waals surface area contributed by atoms with Crippen molar-refractivity contribution in [3.63, 3.8) is 0 Å². The maximum absolute atomic E-state index is 11.9. The maximum atomic E-state index is 11.9.